The molecule has 0 atom stereocenters. The Hall–Kier alpha value is -1.79. The van der Waals surface area contributed by atoms with Gasteiger partial charge in [0.2, 0.25) is 0 Å². The number of nitrogens with one attached hydrogen (secondary N) is 1. The van der Waals surface area contributed by atoms with Gasteiger partial charge in [0, 0.05) is 22.7 Å². The van der Waals surface area contributed by atoms with Crippen molar-refractivity contribution in [2.45, 2.75) is 6.54 Å². The highest BCUT2D eigenvalue weighted by Gasteiger charge is 2.12. The van der Waals surface area contributed by atoms with Gasteiger partial charge in [0.1, 0.15) is 6.54 Å². The minimum Gasteiger partial charge on any atom is -0.361 e. The minimum atomic E-state index is 0.717. The molecule has 2 rings (SSSR count). The maximum atomic E-state index is 8.89. The molecule has 0 fully saturated rings. The van der Waals surface area contributed by atoms with Crippen molar-refractivity contribution in [2.75, 3.05) is 21.1 Å². The Morgan fingerprint density at radius 2 is 2.06 bits per heavy atom. The van der Waals surface area contributed by atoms with Crippen LogP contribution in [0.15, 0.2) is 24.4 Å². The molecule has 0 bridgehead atoms. The van der Waals surface area contributed by atoms with Gasteiger partial charge < -0.3 is 9.47 Å². The van der Waals surface area contributed by atoms with Crippen molar-refractivity contribution in [3.8, 4) is 6.07 Å². The van der Waals surface area contributed by atoms with E-state index in [2.05, 4.69) is 32.2 Å². The molecule has 1 aromatic heterocycles. The summed E-state index contributed by atoms with van der Waals surface area (Å²) in [7, 11) is 6.48. The first-order chi connectivity index (χ1) is 7.49. The summed E-state index contributed by atoms with van der Waals surface area (Å²) >= 11 is 0. The normalized spacial score (nSPS) is 11.6. The summed E-state index contributed by atoms with van der Waals surface area (Å²) in [6.45, 7) is 0.953. The summed E-state index contributed by atoms with van der Waals surface area (Å²) < 4.78 is 0.879. The first-order valence-electron chi connectivity index (χ1n) is 5.30. The number of H-pyrrole nitrogens is 1. The number of hydrogen-bond acceptors (Lipinski definition) is 1. The van der Waals surface area contributed by atoms with E-state index < -0.39 is 0 Å². The lowest BCUT2D eigenvalue weighted by Crippen LogP contribution is -2.33. The Morgan fingerprint density at radius 1 is 1.31 bits per heavy atom. The summed E-state index contributed by atoms with van der Waals surface area (Å²) in [5.74, 6) is 0. The van der Waals surface area contributed by atoms with Crippen LogP contribution in [0.25, 0.3) is 10.9 Å². The molecule has 82 valence electrons. The van der Waals surface area contributed by atoms with Crippen LogP contribution in [0.5, 0.6) is 0 Å². The molecule has 0 unspecified atom stereocenters. The van der Waals surface area contributed by atoms with Crippen LogP contribution in [0.2, 0.25) is 0 Å². The third-order valence-electron chi connectivity index (χ3n) is 2.54. The molecule has 16 heavy (non-hydrogen) atoms. The van der Waals surface area contributed by atoms with Crippen molar-refractivity contribution < 1.29 is 4.48 Å². The third kappa shape index (κ3) is 2.07. The van der Waals surface area contributed by atoms with Gasteiger partial charge >= 0.3 is 0 Å². The summed E-state index contributed by atoms with van der Waals surface area (Å²) in [6.07, 6.45) is 2.04. The average molecular weight is 214 g/mol. The van der Waals surface area contributed by atoms with E-state index in [-0.39, 0.29) is 0 Å². The van der Waals surface area contributed by atoms with Crippen molar-refractivity contribution in [2.24, 2.45) is 0 Å². The topological polar surface area (TPSA) is 39.6 Å². The monoisotopic (exact) mass is 214 g/mol. The van der Waals surface area contributed by atoms with Gasteiger partial charge in [-0.25, -0.2) is 0 Å². The Labute approximate surface area is 95.5 Å². The van der Waals surface area contributed by atoms with Crippen LogP contribution in [0, 0.1) is 11.3 Å². The van der Waals surface area contributed by atoms with E-state index >= 15 is 0 Å². The molecule has 0 aliphatic heterocycles. The zero-order chi connectivity index (χ0) is 11.8. The van der Waals surface area contributed by atoms with Crippen LogP contribution >= 0.6 is 0 Å². The molecule has 3 nitrogen and oxygen atoms in total. The number of rotatable bonds is 2. The number of quaternary nitrogens is 1. The van der Waals surface area contributed by atoms with Crippen LogP contribution in [0.4, 0.5) is 0 Å². The van der Waals surface area contributed by atoms with Crippen molar-refractivity contribution in [1.82, 2.24) is 4.98 Å². The molecular formula is C13H16N3+. The third-order valence-corrected chi connectivity index (χ3v) is 2.54. The Bertz CT molecular complexity index is 553. The molecule has 0 amide bonds. The Kier molecular flexibility index (Phi) is 2.45. The van der Waals surface area contributed by atoms with E-state index in [0.29, 0.717) is 0 Å². The van der Waals surface area contributed by atoms with E-state index in [1.54, 1.807) is 0 Å². The summed E-state index contributed by atoms with van der Waals surface area (Å²) in [4.78, 5) is 3.24. The fourth-order valence-corrected chi connectivity index (χ4v) is 1.89. The number of fused-ring (bicyclic) bond motifs is 1. The fraction of sp³-hybridized carbons (Fsp3) is 0.308. The highest BCUT2D eigenvalue weighted by Crippen LogP contribution is 2.21. The maximum absolute atomic E-state index is 8.89. The number of aromatic nitrogens is 1. The summed E-state index contributed by atoms with van der Waals surface area (Å²) in [5.41, 5.74) is 3.08. The number of benzene rings is 1. The average Bonchev–Trinajstić information content (AvgIpc) is 2.58. The largest absolute Gasteiger partial charge is 0.361 e. The second-order valence-corrected chi connectivity index (χ2v) is 5.13. The SMILES string of the molecule is C[N+](C)(C)Cc1c[nH]c2ccc(C#N)cc12. The lowest BCUT2D eigenvalue weighted by atomic mass is 10.1. The highest BCUT2D eigenvalue weighted by molar-refractivity contribution is 5.84. The van der Waals surface area contributed by atoms with Gasteiger partial charge in [0.05, 0.1) is 32.8 Å². The minimum absolute atomic E-state index is 0.717. The lowest BCUT2D eigenvalue weighted by molar-refractivity contribution is -0.883. The second-order valence-electron chi connectivity index (χ2n) is 5.13. The van der Waals surface area contributed by atoms with E-state index in [1.807, 2.05) is 24.4 Å². The molecular weight excluding hydrogens is 198 g/mol. The summed E-state index contributed by atoms with van der Waals surface area (Å²) in [5, 5.41) is 10.1. The smallest absolute Gasteiger partial charge is 0.106 e. The molecule has 3 heteroatoms. The highest BCUT2D eigenvalue weighted by atomic mass is 15.3. The number of nitrogens with zero attached hydrogens (tertiary/aromatic N) is 2. The summed E-state index contributed by atoms with van der Waals surface area (Å²) in [6, 6.07) is 7.94. The maximum Gasteiger partial charge on any atom is 0.106 e. The lowest BCUT2D eigenvalue weighted by Gasteiger charge is -2.23. The van der Waals surface area contributed by atoms with Crippen LogP contribution < -0.4 is 0 Å². The van der Waals surface area contributed by atoms with Gasteiger partial charge in [0.25, 0.3) is 0 Å². The molecule has 0 radical (unpaired) electrons. The van der Waals surface area contributed by atoms with Crippen molar-refractivity contribution in [3.05, 3.63) is 35.5 Å². The zero-order valence-electron chi connectivity index (χ0n) is 9.91. The molecule has 2 aromatic rings. The number of aromatic amines is 1. The molecule has 0 aliphatic rings. The molecule has 0 aliphatic carbocycles. The van der Waals surface area contributed by atoms with Gasteiger partial charge in [-0.2, -0.15) is 5.26 Å². The molecule has 0 saturated heterocycles. The standard InChI is InChI=1S/C13H16N3/c1-16(2,3)9-11-8-15-13-5-4-10(7-14)6-12(11)13/h4-6,8,15H,9H2,1-3H3/q+1. The van der Waals surface area contributed by atoms with E-state index in [9.17, 15) is 0 Å². The molecule has 0 saturated carbocycles. The van der Waals surface area contributed by atoms with Gasteiger partial charge in [-0.15, -0.1) is 0 Å². The van der Waals surface area contributed by atoms with Gasteiger partial charge in [0.15, 0.2) is 0 Å². The van der Waals surface area contributed by atoms with E-state index in [1.165, 1.54) is 5.56 Å². The van der Waals surface area contributed by atoms with Gasteiger partial charge in [-0.05, 0) is 18.2 Å². The van der Waals surface area contributed by atoms with E-state index in [0.717, 1.165) is 27.5 Å². The molecule has 1 heterocycles. The molecule has 1 N–H and O–H groups in total. The van der Waals surface area contributed by atoms with Gasteiger partial charge in [-0.3, -0.25) is 0 Å². The van der Waals surface area contributed by atoms with E-state index in [4.69, 9.17) is 5.26 Å². The fourth-order valence-electron chi connectivity index (χ4n) is 1.89. The Morgan fingerprint density at radius 3 is 2.69 bits per heavy atom. The van der Waals surface area contributed by atoms with Crippen molar-refractivity contribution in [1.29, 1.82) is 5.26 Å². The quantitative estimate of drug-likeness (QED) is 0.765. The first kappa shape index (κ1) is 10.7. The van der Waals surface area contributed by atoms with Crippen molar-refractivity contribution >= 4 is 10.9 Å². The predicted molar refractivity (Wildman–Crippen MR) is 64.8 cm³/mol. The Balaban J connectivity index is 2.51. The van der Waals surface area contributed by atoms with Gasteiger partial charge in [-0.1, -0.05) is 0 Å². The molecule has 0 spiro atoms. The number of hydrogen-bond donors (Lipinski definition) is 1. The first-order valence-corrected chi connectivity index (χ1v) is 5.30. The number of nitriles is 1. The van der Waals surface area contributed by atoms with Crippen LogP contribution in [-0.4, -0.2) is 30.6 Å². The zero-order valence-corrected chi connectivity index (χ0v) is 9.91. The van der Waals surface area contributed by atoms with Crippen molar-refractivity contribution in [3.63, 3.8) is 0 Å². The molecule has 1 aromatic carbocycles. The van der Waals surface area contributed by atoms with Crippen LogP contribution in [-0.2, 0) is 6.54 Å². The van der Waals surface area contributed by atoms with Crippen LogP contribution in [0.3, 0.4) is 0 Å². The van der Waals surface area contributed by atoms with Crippen LogP contribution in [0.1, 0.15) is 11.1 Å². The second kappa shape index (κ2) is 3.66. The predicted octanol–water partition coefficient (Wildman–Crippen LogP) is 2.25.